The van der Waals surface area contributed by atoms with Gasteiger partial charge in [-0.15, -0.1) is 0 Å². The van der Waals surface area contributed by atoms with Gasteiger partial charge >= 0.3 is 5.97 Å². The van der Waals surface area contributed by atoms with E-state index in [9.17, 15) is 13.6 Å². The monoisotopic (exact) mass is 264 g/mol. The lowest BCUT2D eigenvalue weighted by molar-refractivity contribution is 0.0512. The van der Waals surface area contributed by atoms with E-state index in [-0.39, 0.29) is 12.4 Å². The fourth-order valence-corrected chi connectivity index (χ4v) is 1.47. The molecule has 2 aromatic rings. The Morgan fingerprint density at radius 1 is 1.26 bits per heavy atom. The largest absolute Gasteiger partial charge is 0.460 e. The molecule has 0 aliphatic heterocycles. The molecular weight excluding hydrogens is 254 g/mol. The fraction of sp³-hybridized carbons (Fsp3) is 0.154. The summed E-state index contributed by atoms with van der Waals surface area (Å²) >= 11 is 0. The normalized spacial score (nSPS) is 10.3. The third-order valence-corrected chi connectivity index (χ3v) is 2.33. The molecule has 0 N–H and O–H groups in total. The molecule has 0 fully saturated rings. The van der Waals surface area contributed by atoms with Gasteiger partial charge in [-0.25, -0.2) is 23.5 Å². The molecule has 0 amide bonds. The maximum atomic E-state index is 13.1. The topological polar surface area (TPSA) is 52.1 Å². The van der Waals surface area contributed by atoms with Gasteiger partial charge in [-0.1, -0.05) is 0 Å². The van der Waals surface area contributed by atoms with Crippen molar-refractivity contribution in [3.05, 3.63) is 47.9 Å². The van der Waals surface area contributed by atoms with Gasteiger partial charge < -0.3 is 4.74 Å². The van der Waals surface area contributed by atoms with Crippen LogP contribution < -0.4 is 0 Å². The van der Waals surface area contributed by atoms with E-state index < -0.39 is 17.6 Å². The Kier molecular flexibility index (Phi) is 3.79. The minimum Gasteiger partial charge on any atom is -0.460 e. The molecule has 2 rings (SSSR count). The number of ether oxygens (including phenoxy) is 1. The van der Waals surface area contributed by atoms with E-state index >= 15 is 0 Å². The third-order valence-electron chi connectivity index (χ3n) is 2.33. The van der Waals surface area contributed by atoms with Crippen molar-refractivity contribution in [3.63, 3.8) is 0 Å². The number of benzene rings is 1. The first-order valence-electron chi connectivity index (χ1n) is 5.57. The first-order chi connectivity index (χ1) is 9.11. The molecule has 0 saturated heterocycles. The average Bonchev–Trinajstić information content (AvgIpc) is 2.42. The van der Waals surface area contributed by atoms with Gasteiger partial charge in [0.15, 0.2) is 11.6 Å². The van der Waals surface area contributed by atoms with Crippen LogP contribution in [0, 0.1) is 11.6 Å². The van der Waals surface area contributed by atoms with Crippen LogP contribution in [0.5, 0.6) is 0 Å². The van der Waals surface area contributed by atoms with E-state index in [1.54, 1.807) is 6.92 Å². The molecule has 0 bridgehead atoms. The molecule has 98 valence electrons. The lowest BCUT2D eigenvalue weighted by Crippen LogP contribution is -2.09. The van der Waals surface area contributed by atoms with E-state index in [0.717, 1.165) is 12.1 Å². The zero-order valence-corrected chi connectivity index (χ0v) is 10.1. The summed E-state index contributed by atoms with van der Waals surface area (Å²) in [6.07, 6.45) is 1.36. The van der Waals surface area contributed by atoms with Crippen LogP contribution in [0.1, 0.15) is 17.5 Å². The van der Waals surface area contributed by atoms with Crippen molar-refractivity contribution in [2.45, 2.75) is 6.92 Å². The molecule has 0 spiro atoms. The van der Waals surface area contributed by atoms with Crippen LogP contribution in [0.25, 0.3) is 11.3 Å². The second-order valence-electron chi connectivity index (χ2n) is 3.61. The number of esters is 1. The molecule has 0 aliphatic rings. The Balaban J connectivity index is 2.37. The Morgan fingerprint density at radius 2 is 2.05 bits per heavy atom. The number of carbonyl (C=O) groups excluding carboxylic acids is 1. The van der Waals surface area contributed by atoms with Crippen molar-refractivity contribution in [2.75, 3.05) is 6.61 Å². The van der Waals surface area contributed by atoms with Gasteiger partial charge in [0.1, 0.15) is 0 Å². The number of aromatic nitrogens is 2. The highest BCUT2D eigenvalue weighted by atomic mass is 19.2. The van der Waals surface area contributed by atoms with Crippen molar-refractivity contribution >= 4 is 5.97 Å². The maximum absolute atomic E-state index is 13.1. The predicted octanol–water partition coefficient (Wildman–Crippen LogP) is 2.60. The lowest BCUT2D eigenvalue weighted by atomic mass is 10.1. The van der Waals surface area contributed by atoms with Gasteiger partial charge in [0, 0.05) is 11.8 Å². The van der Waals surface area contributed by atoms with Crippen molar-refractivity contribution in [1.82, 2.24) is 9.97 Å². The Labute approximate surface area is 108 Å². The Morgan fingerprint density at radius 3 is 2.74 bits per heavy atom. The molecule has 4 nitrogen and oxygen atoms in total. The van der Waals surface area contributed by atoms with Crippen LogP contribution in [-0.2, 0) is 4.74 Å². The maximum Gasteiger partial charge on any atom is 0.376 e. The van der Waals surface area contributed by atoms with Crippen LogP contribution in [0.2, 0.25) is 0 Å². The average molecular weight is 264 g/mol. The summed E-state index contributed by atoms with van der Waals surface area (Å²) in [4.78, 5) is 19.2. The van der Waals surface area contributed by atoms with Gasteiger partial charge in [-0.05, 0) is 31.2 Å². The molecule has 0 unspecified atom stereocenters. The zero-order chi connectivity index (χ0) is 13.8. The highest BCUT2D eigenvalue weighted by Crippen LogP contribution is 2.19. The van der Waals surface area contributed by atoms with E-state index in [4.69, 9.17) is 4.74 Å². The second kappa shape index (κ2) is 5.51. The zero-order valence-electron chi connectivity index (χ0n) is 10.1. The molecule has 0 atom stereocenters. The van der Waals surface area contributed by atoms with Crippen LogP contribution in [0.3, 0.4) is 0 Å². The molecule has 1 heterocycles. The van der Waals surface area contributed by atoms with Gasteiger partial charge in [-0.3, -0.25) is 0 Å². The van der Waals surface area contributed by atoms with E-state index in [1.807, 2.05) is 0 Å². The molecule has 0 radical (unpaired) electrons. The van der Waals surface area contributed by atoms with Crippen LogP contribution >= 0.6 is 0 Å². The summed E-state index contributed by atoms with van der Waals surface area (Å²) in [5.41, 5.74) is 0.670. The van der Waals surface area contributed by atoms with Crippen molar-refractivity contribution in [2.24, 2.45) is 0 Å². The molecule has 0 saturated carbocycles. The molecule has 1 aromatic heterocycles. The molecular formula is C13H10F2N2O2. The summed E-state index contributed by atoms with van der Waals surface area (Å²) < 4.78 is 30.7. The van der Waals surface area contributed by atoms with E-state index in [0.29, 0.717) is 11.3 Å². The van der Waals surface area contributed by atoms with Crippen molar-refractivity contribution < 1.29 is 18.3 Å². The quantitative estimate of drug-likeness (QED) is 0.799. The summed E-state index contributed by atoms with van der Waals surface area (Å²) in [6, 6.07) is 4.87. The molecule has 19 heavy (non-hydrogen) atoms. The minimum absolute atomic E-state index is 0.121. The molecule has 6 heteroatoms. The Hall–Kier alpha value is -2.37. The molecule has 1 aromatic carbocycles. The first kappa shape index (κ1) is 13.1. The number of hydrogen-bond acceptors (Lipinski definition) is 4. The minimum atomic E-state index is -0.978. The number of rotatable bonds is 3. The summed E-state index contributed by atoms with van der Waals surface area (Å²) in [5, 5.41) is 0. The van der Waals surface area contributed by atoms with Gasteiger partial charge in [-0.2, -0.15) is 0 Å². The summed E-state index contributed by atoms with van der Waals surface area (Å²) in [5.74, 6) is -2.70. The van der Waals surface area contributed by atoms with Crippen LogP contribution in [0.15, 0.2) is 30.5 Å². The highest BCUT2D eigenvalue weighted by Gasteiger charge is 2.12. The SMILES string of the molecule is CCOC(=O)c1nccc(-c2ccc(F)c(F)c2)n1. The smallest absolute Gasteiger partial charge is 0.376 e. The predicted molar refractivity (Wildman–Crippen MR) is 63.3 cm³/mol. The second-order valence-corrected chi connectivity index (χ2v) is 3.61. The van der Waals surface area contributed by atoms with Gasteiger partial charge in [0.2, 0.25) is 5.82 Å². The van der Waals surface area contributed by atoms with E-state index in [2.05, 4.69) is 9.97 Å². The van der Waals surface area contributed by atoms with Crippen LogP contribution in [-0.4, -0.2) is 22.5 Å². The van der Waals surface area contributed by atoms with Crippen LogP contribution in [0.4, 0.5) is 8.78 Å². The number of nitrogens with zero attached hydrogens (tertiary/aromatic N) is 2. The fourth-order valence-electron chi connectivity index (χ4n) is 1.47. The highest BCUT2D eigenvalue weighted by molar-refractivity contribution is 5.85. The van der Waals surface area contributed by atoms with Crippen molar-refractivity contribution in [3.8, 4) is 11.3 Å². The molecule has 0 aliphatic carbocycles. The summed E-state index contributed by atoms with van der Waals surface area (Å²) in [7, 11) is 0. The summed E-state index contributed by atoms with van der Waals surface area (Å²) in [6.45, 7) is 1.87. The number of hydrogen-bond donors (Lipinski definition) is 0. The lowest BCUT2D eigenvalue weighted by Gasteiger charge is -2.04. The first-order valence-corrected chi connectivity index (χ1v) is 5.57. The van der Waals surface area contributed by atoms with Crippen molar-refractivity contribution in [1.29, 1.82) is 0 Å². The van der Waals surface area contributed by atoms with Gasteiger partial charge in [0.25, 0.3) is 0 Å². The van der Waals surface area contributed by atoms with Gasteiger partial charge in [0.05, 0.1) is 12.3 Å². The number of carbonyl (C=O) groups is 1. The Bertz CT molecular complexity index is 617. The third kappa shape index (κ3) is 2.90. The number of halogens is 2. The standard InChI is InChI=1S/C13H10F2N2O2/c1-2-19-13(18)12-16-6-5-11(17-12)8-3-4-9(14)10(15)7-8/h3-7H,2H2,1H3. The van der Waals surface area contributed by atoms with E-state index in [1.165, 1.54) is 18.3 Å².